The summed E-state index contributed by atoms with van der Waals surface area (Å²) in [4.78, 5) is 48.6. The van der Waals surface area contributed by atoms with Gasteiger partial charge in [0.05, 0.1) is 5.69 Å². The topological polar surface area (TPSA) is 86.4 Å². The monoisotopic (exact) mass is 400 g/mol. The van der Waals surface area contributed by atoms with Crippen molar-refractivity contribution in [2.45, 2.75) is 70.1 Å². The number of hydrogen-bond acceptors (Lipinski definition) is 4. The lowest BCUT2D eigenvalue weighted by Crippen LogP contribution is -2.40. The molecule has 2 amide bonds. The minimum absolute atomic E-state index is 0.113. The Morgan fingerprint density at radius 2 is 1.83 bits per heavy atom. The van der Waals surface area contributed by atoms with Crippen molar-refractivity contribution in [3.05, 3.63) is 27.9 Å². The Kier molecular flexibility index (Phi) is 6.01. The molecule has 1 aromatic heterocycles. The van der Waals surface area contributed by atoms with Gasteiger partial charge in [-0.1, -0.05) is 6.92 Å². The van der Waals surface area contributed by atoms with Crippen LogP contribution in [0.3, 0.4) is 0 Å². The van der Waals surface area contributed by atoms with Crippen molar-refractivity contribution >= 4 is 11.8 Å². The SMILES string of the molecule is CCCC(=O)N1CCC[C@@H](c2cc(=O)[nH]c(C3CCN(C(=O)C4CC4)CC3)n2)C1. The molecule has 1 saturated carbocycles. The number of H-pyrrole nitrogens is 1. The van der Waals surface area contributed by atoms with Gasteiger partial charge in [-0.25, -0.2) is 4.98 Å². The molecule has 0 radical (unpaired) electrons. The summed E-state index contributed by atoms with van der Waals surface area (Å²) >= 11 is 0. The smallest absolute Gasteiger partial charge is 0.251 e. The van der Waals surface area contributed by atoms with Crippen molar-refractivity contribution in [2.75, 3.05) is 26.2 Å². The molecule has 29 heavy (non-hydrogen) atoms. The molecule has 0 aromatic carbocycles. The molecule has 1 aromatic rings. The second-order valence-electron chi connectivity index (χ2n) is 8.86. The highest BCUT2D eigenvalue weighted by atomic mass is 16.2. The predicted molar refractivity (Wildman–Crippen MR) is 110 cm³/mol. The van der Waals surface area contributed by atoms with Crippen LogP contribution in [0.4, 0.5) is 0 Å². The van der Waals surface area contributed by atoms with E-state index in [9.17, 15) is 14.4 Å². The fourth-order valence-corrected chi connectivity index (χ4v) is 4.68. The molecule has 0 spiro atoms. The van der Waals surface area contributed by atoms with Gasteiger partial charge in [0, 0.05) is 56.4 Å². The Balaban J connectivity index is 1.43. The molecule has 3 heterocycles. The number of rotatable bonds is 5. The van der Waals surface area contributed by atoms with Crippen molar-refractivity contribution in [3.8, 4) is 0 Å². The minimum atomic E-state index is -0.113. The van der Waals surface area contributed by atoms with Crippen LogP contribution < -0.4 is 5.56 Å². The van der Waals surface area contributed by atoms with Gasteiger partial charge in [0.25, 0.3) is 5.56 Å². The lowest BCUT2D eigenvalue weighted by Gasteiger charge is -2.33. The number of aromatic amines is 1. The van der Waals surface area contributed by atoms with E-state index in [1.54, 1.807) is 6.07 Å². The average Bonchev–Trinajstić information content (AvgIpc) is 3.59. The number of nitrogens with zero attached hydrogens (tertiary/aromatic N) is 3. The van der Waals surface area contributed by atoms with Crippen molar-refractivity contribution in [1.29, 1.82) is 0 Å². The van der Waals surface area contributed by atoms with E-state index in [1.165, 1.54) is 0 Å². The fraction of sp³-hybridized carbons (Fsp3) is 0.727. The zero-order chi connectivity index (χ0) is 20.4. The summed E-state index contributed by atoms with van der Waals surface area (Å²) < 4.78 is 0. The number of amides is 2. The molecule has 7 nitrogen and oxygen atoms in total. The van der Waals surface area contributed by atoms with Crippen molar-refractivity contribution in [2.24, 2.45) is 5.92 Å². The van der Waals surface area contributed by atoms with E-state index in [0.29, 0.717) is 18.9 Å². The quantitative estimate of drug-likeness (QED) is 0.822. The molecule has 158 valence electrons. The Bertz CT molecular complexity index is 809. The molecule has 2 aliphatic heterocycles. The van der Waals surface area contributed by atoms with Crippen LogP contribution in [0.25, 0.3) is 0 Å². The second kappa shape index (κ2) is 8.67. The largest absolute Gasteiger partial charge is 0.342 e. The number of carbonyl (C=O) groups is 2. The second-order valence-corrected chi connectivity index (χ2v) is 8.86. The van der Waals surface area contributed by atoms with Gasteiger partial charge in [-0.05, 0) is 44.9 Å². The fourth-order valence-electron chi connectivity index (χ4n) is 4.68. The normalized spacial score (nSPS) is 23.3. The first-order valence-electron chi connectivity index (χ1n) is 11.2. The van der Waals surface area contributed by atoms with Crippen LogP contribution in [0.1, 0.15) is 81.6 Å². The summed E-state index contributed by atoms with van der Waals surface area (Å²) in [5.41, 5.74) is 0.702. The zero-order valence-corrected chi connectivity index (χ0v) is 17.4. The molecule has 3 aliphatic rings. The standard InChI is InChI=1S/C22H32N4O3/c1-2-4-20(28)26-10-3-5-17(14-26)18-13-19(27)24-21(23-18)15-8-11-25(12-9-15)22(29)16-6-7-16/h13,15-17H,2-12,14H2,1H3,(H,23,24,27)/t17-/m1/s1. The van der Waals surface area contributed by atoms with E-state index >= 15 is 0 Å². The molecular weight excluding hydrogens is 368 g/mol. The highest BCUT2D eigenvalue weighted by molar-refractivity contribution is 5.81. The van der Waals surface area contributed by atoms with Gasteiger partial charge in [0.1, 0.15) is 5.82 Å². The number of aromatic nitrogens is 2. The molecule has 0 bridgehead atoms. The Labute approximate surface area is 171 Å². The molecular formula is C22H32N4O3. The number of piperidine rings is 2. The number of nitrogens with one attached hydrogen (secondary N) is 1. The molecule has 0 unspecified atom stereocenters. The first-order valence-corrected chi connectivity index (χ1v) is 11.2. The summed E-state index contributed by atoms with van der Waals surface area (Å²) in [6.07, 6.45) is 7.11. The van der Waals surface area contributed by atoms with Gasteiger partial charge < -0.3 is 14.8 Å². The number of carbonyl (C=O) groups excluding carboxylic acids is 2. The van der Waals surface area contributed by atoms with Crippen LogP contribution in [-0.2, 0) is 9.59 Å². The van der Waals surface area contributed by atoms with Crippen LogP contribution in [0.5, 0.6) is 0 Å². The van der Waals surface area contributed by atoms with E-state index < -0.39 is 0 Å². The van der Waals surface area contributed by atoms with Crippen LogP contribution in [-0.4, -0.2) is 57.8 Å². The van der Waals surface area contributed by atoms with Crippen molar-refractivity contribution < 1.29 is 9.59 Å². The van der Waals surface area contributed by atoms with Gasteiger partial charge in [-0.15, -0.1) is 0 Å². The Morgan fingerprint density at radius 3 is 2.52 bits per heavy atom. The highest BCUT2D eigenvalue weighted by Gasteiger charge is 2.35. The number of hydrogen-bond donors (Lipinski definition) is 1. The summed E-state index contributed by atoms with van der Waals surface area (Å²) in [6.45, 7) is 4.97. The van der Waals surface area contributed by atoms with E-state index in [2.05, 4.69) is 4.98 Å². The molecule has 3 fully saturated rings. The third kappa shape index (κ3) is 4.70. The first-order chi connectivity index (χ1) is 14.0. The third-order valence-electron chi connectivity index (χ3n) is 6.56. The van der Waals surface area contributed by atoms with Crippen LogP contribution in [0.2, 0.25) is 0 Å². The molecule has 2 saturated heterocycles. The van der Waals surface area contributed by atoms with Crippen LogP contribution >= 0.6 is 0 Å². The predicted octanol–water partition coefficient (Wildman–Crippen LogP) is 2.39. The zero-order valence-electron chi connectivity index (χ0n) is 17.4. The van der Waals surface area contributed by atoms with E-state index in [0.717, 1.165) is 76.1 Å². The van der Waals surface area contributed by atoms with Gasteiger partial charge >= 0.3 is 0 Å². The molecule has 1 N–H and O–H groups in total. The maximum absolute atomic E-state index is 12.3. The molecule has 7 heteroatoms. The van der Waals surface area contributed by atoms with E-state index in [-0.39, 0.29) is 29.2 Å². The molecule has 1 atom stereocenters. The minimum Gasteiger partial charge on any atom is -0.342 e. The van der Waals surface area contributed by atoms with Crippen molar-refractivity contribution in [3.63, 3.8) is 0 Å². The summed E-state index contributed by atoms with van der Waals surface area (Å²) in [7, 11) is 0. The lowest BCUT2D eigenvalue weighted by molar-refractivity contribution is -0.134. The molecule has 4 rings (SSSR count). The summed E-state index contributed by atoms with van der Waals surface area (Å²) in [5, 5.41) is 0. The Hall–Kier alpha value is -2.18. The van der Waals surface area contributed by atoms with Crippen LogP contribution in [0, 0.1) is 5.92 Å². The van der Waals surface area contributed by atoms with E-state index in [4.69, 9.17) is 4.98 Å². The average molecular weight is 401 g/mol. The first kappa shape index (κ1) is 20.1. The maximum atomic E-state index is 12.3. The van der Waals surface area contributed by atoms with Crippen LogP contribution in [0.15, 0.2) is 10.9 Å². The van der Waals surface area contributed by atoms with Gasteiger partial charge in [0.2, 0.25) is 11.8 Å². The van der Waals surface area contributed by atoms with Gasteiger partial charge in [-0.3, -0.25) is 14.4 Å². The summed E-state index contributed by atoms with van der Waals surface area (Å²) in [5.74, 6) is 1.84. The highest BCUT2D eigenvalue weighted by Crippen LogP contribution is 2.34. The molecule has 1 aliphatic carbocycles. The van der Waals surface area contributed by atoms with E-state index in [1.807, 2.05) is 16.7 Å². The third-order valence-corrected chi connectivity index (χ3v) is 6.56. The Morgan fingerprint density at radius 1 is 1.07 bits per heavy atom. The van der Waals surface area contributed by atoms with Gasteiger partial charge in [-0.2, -0.15) is 0 Å². The van der Waals surface area contributed by atoms with Gasteiger partial charge in [0.15, 0.2) is 0 Å². The van der Waals surface area contributed by atoms with Crippen molar-refractivity contribution in [1.82, 2.24) is 19.8 Å². The number of likely N-dealkylation sites (tertiary alicyclic amines) is 2. The maximum Gasteiger partial charge on any atom is 0.251 e. The lowest BCUT2D eigenvalue weighted by atomic mass is 9.92. The summed E-state index contributed by atoms with van der Waals surface area (Å²) in [6, 6.07) is 1.60.